The van der Waals surface area contributed by atoms with E-state index in [2.05, 4.69) is 10.6 Å². The highest BCUT2D eigenvalue weighted by atomic mass is 16.7. The number of fused-ring (bicyclic) bond motifs is 1. The number of benzene rings is 1. The summed E-state index contributed by atoms with van der Waals surface area (Å²) >= 11 is 0. The molecule has 1 aromatic heterocycles. The minimum absolute atomic E-state index is 0.00501. The van der Waals surface area contributed by atoms with Gasteiger partial charge in [0.05, 0.1) is 12.8 Å². The van der Waals surface area contributed by atoms with E-state index in [1.165, 1.54) is 0 Å². The van der Waals surface area contributed by atoms with Crippen LogP contribution >= 0.6 is 0 Å². The quantitative estimate of drug-likeness (QED) is 0.763. The summed E-state index contributed by atoms with van der Waals surface area (Å²) in [4.78, 5) is 11.7. The zero-order valence-electron chi connectivity index (χ0n) is 12.1. The molecule has 2 heterocycles. The summed E-state index contributed by atoms with van der Waals surface area (Å²) < 4.78 is 15.7. The number of ether oxygens (including phenoxy) is 2. The van der Waals surface area contributed by atoms with Crippen molar-refractivity contribution in [3.05, 3.63) is 47.9 Å². The second-order valence-electron chi connectivity index (χ2n) is 4.97. The van der Waals surface area contributed by atoms with Gasteiger partial charge >= 0.3 is 0 Å². The minimum atomic E-state index is -0.00501. The molecule has 2 aromatic rings. The first-order valence-electron chi connectivity index (χ1n) is 7.19. The number of hydrogen-bond donors (Lipinski definition) is 2. The van der Waals surface area contributed by atoms with Crippen LogP contribution in [-0.2, 0) is 17.9 Å². The average Bonchev–Trinajstić information content (AvgIpc) is 3.20. The lowest BCUT2D eigenvalue weighted by Gasteiger charge is -2.06. The number of hydrogen-bond acceptors (Lipinski definition) is 5. The molecule has 6 heteroatoms. The van der Waals surface area contributed by atoms with Crippen LogP contribution in [0.25, 0.3) is 0 Å². The van der Waals surface area contributed by atoms with Crippen LogP contribution in [0.15, 0.2) is 41.0 Å². The first kappa shape index (κ1) is 14.5. The largest absolute Gasteiger partial charge is 0.467 e. The minimum Gasteiger partial charge on any atom is -0.467 e. The molecule has 0 saturated heterocycles. The van der Waals surface area contributed by atoms with Crippen LogP contribution in [0.3, 0.4) is 0 Å². The zero-order valence-corrected chi connectivity index (χ0v) is 12.1. The van der Waals surface area contributed by atoms with E-state index in [-0.39, 0.29) is 12.7 Å². The van der Waals surface area contributed by atoms with Crippen molar-refractivity contribution in [2.24, 2.45) is 0 Å². The number of carbonyl (C=O) groups is 1. The molecule has 0 radical (unpaired) electrons. The van der Waals surface area contributed by atoms with E-state index >= 15 is 0 Å². The molecule has 2 N–H and O–H groups in total. The summed E-state index contributed by atoms with van der Waals surface area (Å²) in [5, 5.41) is 6.04. The normalized spacial score (nSPS) is 12.4. The lowest BCUT2D eigenvalue weighted by atomic mass is 10.2. The molecule has 1 aromatic carbocycles. The summed E-state index contributed by atoms with van der Waals surface area (Å²) in [5.41, 5.74) is 1.10. The van der Waals surface area contributed by atoms with E-state index in [0.717, 1.165) is 22.8 Å². The maximum absolute atomic E-state index is 11.7. The second-order valence-corrected chi connectivity index (χ2v) is 4.97. The first-order chi connectivity index (χ1) is 10.8. The molecule has 0 bridgehead atoms. The van der Waals surface area contributed by atoms with Gasteiger partial charge in [0.2, 0.25) is 12.7 Å². The summed E-state index contributed by atoms with van der Waals surface area (Å²) in [6.07, 6.45) is 2.01. The SMILES string of the molecule is O=C(CCNCc1ccc2c(c1)OCO2)NCc1ccco1. The Bertz CT molecular complexity index is 625. The molecule has 22 heavy (non-hydrogen) atoms. The molecule has 1 aliphatic rings. The van der Waals surface area contributed by atoms with Gasteiger partial charge in [0.15, 0.2) is 11.5 Å². The molecule has 1 amide bonds. The summed E-state index contributed by atoms with van der Waals surface area (Å²) in [5.74, 6) is 2.30. The van der Waals surface area contributed by atoms with Crippen molar-refractivity contribution in [3.8, 4) is 11.5 Å². The molecular weight excluding hydrogens is 284 g/mol. The maximum Gasteiger partial charge on any atom is 0.231 e. The van der Waals surface area contributed by atoms with Crippen LogP contribution in [0, 0.1) is 0 Å². The Balaban J connectivity index is 1.34. The lowest BCUT2D eigenvalue weighted by molar-refractivity contribution is -0.121. The van der Waals surface area contributed by atoms with E-state index in [4.69, 9.17) is 13.9 Å². The van der Waals surface area contributed by atoms with Crippen molar-refractivity contribution in [2.45, 2.75) is 19.5 Å². The topological polar surface area (TPSA) is 72.7 Å². The van der Waals surface area contributed by atoms with Gasteiger partial charge in [-0.1, -0.05) is 6.07 Å². The van der Waals surface area contributed by atoms with Crippen LogP contribution in [0.4, 0.5) is 0 Å². The molecule has 0 saturated carbocycles. The van der Waals surface area contributed by atoms with Gasteiger partial charge in [-0.15, -0.1) is 0 Å². The summed E-state index contributed by atoms with van der Waals surface area (Å²) in [7, 11) is 0. The number of nitrogens with one attached hydrogen (secondary N) is 2. The van der Waals surface area contributed by atoms with Gasteiger partial charge in [0.25, 0.3) is 0 Å². The third-order valence-electron chi connectivity index (χ3n) is 3.33. The van der Waals surface area contributed by atoms with Crippen LogP contribution in [-0.4, -0.2) is 19.2 Å². The Morgan fingerprint density at radius 3 is 2.91 bits per heavy atom. The van der Waals surface area contributed by atoms with Crippen molar-refractivity contribution >= 4 is 5.91 Å². The Morgan fingerprint density at radius 1 is 1.14 bits per heavy atom. The first-order valence-corrected chi connectivity index (χ1v) is 7.19. The molecule has 0 aliphatic carbocycles. The Morgan fingerprint density at radius 2 is 2.05 bits per heavy atom. The van der Waals surface area contributed by atoms with Crippen LogP contribution in [0.5, 0.6) is 11.5 Å². The van der Waals surface area contributed by atoms with Gasteiger partial charge in [-0.3, -0.25) is 4.79 Å². The molecule has 6 nitrogen and oxygen atoms in total. The number of amides is 1. The van der Waals surface area contributed by atoms with Crippen LogP contribution in [0.2, 0.25) is 0 Å². The predicted octanol–water partition coefficient (Wildman–Crippen LogP) is 1.80. The fourth-order valence-electron chi connectivity index (χ4n) is 2.17. The highest BCUT2D eigenvalue weighted by Gasteiger charge is 2.12. The standard InChI is InChI=1S/C16H18N2O4/c19-16(18-10-13-2-1-7-20-13)5-6-17-9-12-3-4-14-15(8-12)22-11-21-14/h1-4,7-8,17H,5-6,9-11H2,(H,18,19). The number of carbonyl (C=O) groups excluding carboxylic acids is 1. The lowest BCUT2D eigenvalue weighted by Crippen LogP contribution is -2.27. The second kappa shape index (κ2) is 7.00. The van der Waals surface area contributed by atoms with Gasteiger partial charge in [0, 0.05) is 19.5 Å². The Kier molecular flexibility index (Phi) is 4.60. The van der Waals surface area contributed by atoms with Crippen molar-refractivity contribution in [1.29, 1.82) is 0 Å². The van der Waals surface area contributed by atoms with Crippen molar-refractivity contribution in [2.75, 3.05) is 13.3 Å². The van der Waals surface area contributed by atoms with E-state index in [1.54, 1.807) is 12.3 Å². The van der Waals surface area contributed by atoms with Gasteiger partial charge < -0.3 is 24.5 Å². The molecule has 0 atom stereocenters. The molecular formula is C16H18N2O4. The van der Waals surface area contributed by atoms with Gasteiger partial charge in [0.1, 0.15) is 5.76 Å². The fourth-order valence-corrected chi connectivity index (χ4v) is 2.17. The van der Waals surface area contributed by atoms with Crippen molar-refractivity contribution in [3.63, 3.8) is 0 Å². The third-order valence-corrected chi connectivity index (χ3v) is 3.33. The van der Waals surface area contributed by atoms with Crippen molar-refractivity contribution < 1.29 is 18.7 Å². The summed E-state index contributed by atoms with van der Waals surface area (Å²) in [6.45, 7) is 2.00. The van der Waals surface area contributed by atoms with Gasteiger partial charge in [-0.05, 0) is 29.8 Å². The highest BCUT2D eigenvalue weighted by molar-refractivity contribution is 5.75. The van der Waals surface area contributed by atoms with E-state index < -0.39 is 0 Å². The predicted molar refractivity (Wildman–Crippen MR) is 79.4 cm³/mol. The molecule has 3 rings (SSSR count). The smallest absolute Gasteiger partial charge is 0.231 e. The van der Waals surface area contributed by atoms with Crippen LogP contribution in [0.1, 0.15) is 17.7 Å². The highest BCUT2D eigenvalue weighted by Crippen LogP contribution is 2.32. The molecule has 116 valence electrons. The molecule has 0 spiro atoms. The maximum atomic E-state index is 11.7. The van der Waals surface area contributed by atoms with Gasteiger partial charge in [-0.2, -0.15) is 0 Å². The number of furan rings is 1. The monoisotopic (exact) mass is 302 g/mol. The third kappa shape index (κ3) is 3.79. The zero-order chi connectivity index (χ0) is 15.2. The van der Waals surface area contributed by atoms with E-state index in [0.29, 0.717) is 26.1 Å². The fraction of sp³-hybridized carbons (Fsp3) is 0.312. The van der Waals surface area contributed by atoms with Crippen molar-refractivity contribution in [1.82, 2.24) is 10.6 Å². The van der Waals surface area contributed by atoms with Crippen LogP contribution < -0.4 is 20.1 Å². The molecule has 0 unspecified atom stereocenters. The summed E-state index contributed by atoms with van der Waals surface area (Å²) in [6, 6.07) is 9.46. The van der Waals surface area contributed by atoms with E-state index in [9.17, 15) is 4.79 Å². The van der Waals surface area contributed by atoms with Gasteiger partial charge in [-0.25, -0.2) is 0 Å². The molecule has 0 fully saturated rings. The number of rotatable bonds is 7. The Labute approximate surface area is 128 Å². The molecule has 1 aliphatic heterocycles. The Hall–Kier alpha value is -2.47. The average molecular weight is 302 g/mol. The van der Waals surface area contributed by atoms with E-state index in [1.807, 2.05) is 24.3 Å².